The minimum atomic E-state index is -1.01. The molecule has 0 aliphatic heterocycles. The molecule has 1 aromatic rings. The molecule has 1 aromatic carbocycles. The highest BCUT2D eigenvalue weighted by Gasteiger charge is 2.16. The standard InChI is InChI=1S/C11H11FO3/c1-2-5-9(13)11(14)15-10-7-4-3-6-8(10)12/h3-4,6-7H,2,5H2,1H3. The molecule has 0 unspecified atom stereocenters. The molecule has 0 atom stereocenters. The fourth-order valence-electron chi connectivity index (χ4n) is 1.01. The molecular weight excluding hydrogens is 199 g/mol. The molecule has 4 heteroatoms. The maximum atomic E-state index is 13.0. The molecule has 0 aliphatic rings. The molecule has 1 rings (SSSR count). The molecule has 0 radical (unpaired) electrons. The van der Waals surface area contributed by atoms with Crippen LogP contribution in [-0.2, 0) is 9.59 Å². The lowest BCUT2D eigenvalue weighted by Gasteiger charge is -2.03. The van der Waals surface area contributed by atoms with Crippen molar-refractivity contribution in [3.05, 3.63) is 30.1 Å². The van der Waals surface area contributed by atoms with Crippen LogP contribution in [0.25, 0.3) is 0 Å². The average Bonchev–Trinajstić information content (AvgIpc) is 2.21. The molecule has 0 spiro atoms. The molecule has 0 fully saturated rings. The first-order valence-electron chi connectivity index (χ1n) is 4.64. The van der Waals surface area contributed by atoms with Crippen LogP contribution in [0.5, 0.6) is 5.75 Å². The Bertz CT molecular complexity index is 374. The molecule has 0 saturated heterocycles. The number of benzene rings is 1. The largest absolute Gasteiger partial charge is 0.418 e. The Hall–Kier alpha value is -1.71. The molecule has 3 nitrogen and oxygen atoms in total. The summed E-state index contributed by atoms with van der Waals surface area (Å²) in [6, 6.07) is 5.45. The summed E-state index contributed by atoms with van der Waals surface area (Å²) < 4.78 is 17.6. The summed E-state index contributed by atoms with van der Waals surface area (Å²) >= 11 is 0. The Morgan fingerprint density at radius 3 is 2.60 bits per heavy atom. The predicted molar refractivity (Wildman–Crippen MR) is 52.0 cm³/mol. The zero-order chi connectivity index (χ0) is 11.3. The summed E-state index contributed by atoms with van der Waals surface area (Å²) in [5, 5.41) is 0. The van der Waals surface area contributed by atoms with Crippen molar-refractivity contribution < 1.29 is 18.7 Å². The number of rotatable bonds is 4. The van der Waals surface area contributed by atoms with E-state index in [0.29, 0.717) is 6.42 Å². The van der Waals surface area contributed by atoms with Gasteiger partial charge in [0, 0.05) is 6.42 Å². The quantitative estimate of drug-likeness (QED) is 0.434. The Morgan fingerprint density at radius 2 is 2.00 bits per heavy atom. The van der Waals surface area contributed by atoms with Crippen molar-refractivity contribution in [1.82, 2.24) is 0 Å². The minimum Gasteiger partial charge on any atom is -0.418 e. The van der Waals surface area contributed by atoms with Crippen molar-refractivity contribution in [3.8, 4) is 5.75 Å². The summed E-state index contributed by atoms with van der Waals surface area (Å²) in [7, 11) is 0. The normalized spacial score (nSPS) is 9.73. The van der Waals surface area contributed by atoms with Gasteiger partial charge in [-0.05, 0) is 18.6 Å². The molecule has 0 aromatic heterocycles. The van der Waals surface area contributed by atoms with E-state index in [2.05, 4.69) is 4.74 Å². The van der Waals surface area contributed by atoms with Gasteiger partial charge in [-0.2, -0.15) is 0 Å². The number of ketones is 1. The highest BCUT2D eigenvalue weighted by Crippen LogP contribution is 2.15. The topological polar surface area (TPSA) is 43.4 Å². The third-order valence-electron chi connectivity index (χ3n) is 1.74. The van der Waals surface area contributed by atoms with E-state index in [1.54, 1.807) is 6.92 Å². The number of ether oxygens (including phenoxy) is 1. The fourth-order valence-corrected chi connectivity index (χ4v) is 1.01. The molecule has 0 N–H and O–H groups in total. The van der Waals surface area contributed by atoms with Gasteiger partial charge in [-0.25, -0.2) is 9.18 Å². The lowest BCUT2D eigenvalue weighted by Crippen LogP contribution is -2.20. The van der Waals surface area contributed by atoms with Crippen molar-refractivity contribution >= 4 is 11.8 Å². The van der Waals surface area contributed by atoms with Gasteiger partial charge >= 0.3 is 5.97 Å². The Morgan fingerprint density at radius 1 is 1.33 bits per heavy atom. The van der Waals surface area contributed by atoms with Crippen LogP contribution >= 0.6 is 0 Å². The molecule has 0 saturated carbocycles. The van der Waals surface area contributed by atoms with E-state index in [-0.39, 0.29) is 12.2 Å². The number of esters is 1. The zero-order valence-electron chi connectivity index (χ0n) is 8.33. The summed E-state index contributed by atoms with van der Waals surface area (Å²) in [5.41, 5.74) is 0. The minimum absolute atomic E-state index is 0.118. The molecule has 0 aliphatic carbocycles. The highest BCUT2D eigenvalue weighted by molar-refractivity contribution is 6.34. The van der Waals surface area contributed by atoms with Gasteiger partial charge in [0.1, 0.15) is 0 Å². The number of hydrogen-bond acceptors (Lipinski definition) is 3. The van der Waals surface area contributed by atoms with Gasteiger partial charge in [-0.1, -0.05) is 19.1 Å². The summed E-state index contributed by atoms with van der Waals surface area (Å²) in [6.45, 7) is 1.77. The molecular formula is C11H11FO3. The van der Waals surface area contributed by atoms with Gasteiger partial charge in [-0.15, -0.1) is 0 Å². The number of hydrogen-bond donors (Lipinski definition) is 0. The lowest BCUT2D eigenvalue weighted by molar-refractivity contribution is -0.147. The van der Waals surface area contributed by atoms with E-state index in [4.69, 9.17) is 0 Å². The van der Waals surface area contributed by atoms with Crippen LogP contribution in [0, 0.1) is 5.82 Å². The second-order valence-electron chi connectivity index (χ2n) is 2.99. The highest BCUT2D eigenvalue weighted by atomic mass is 19.1. The van der Waals surface area contributed by atoms with E-state index in [0.717, 1.165) is 6.07 Å². The third kappa shape index (κ3) is 3.16. The SMILES string of the molecule is CCCC(=O)C(=O)Oc1ccccc1F. The number of halogens is 1. The van der Waals surface area contributed by atoms with Crippen molar-refractivity contribution in [1.29, 1.82) is 0 Å². The van der Waals surface area contributed by atoms with Crippen LogP contribution in [0.15, 0.2) is 24.3 Å². The van der Waals surface area contributed by atoms with Crippen LogP contribution in [0.3, 0.4) is 0 Å². The van der Waals surface area contributed by atoms with Gasteiger partial charge in [0.2, 0.25) is 5.78 Å². The first-order valence-corrected chi connectivity index (χ1v) is 4.64. The van der Waals surface area contributed by atoms with E-state index in [9.17, 15) is 14.0 Å². The van der Waals surface area contributed by atoms with Gasteiger partial charge < -0.3 is 4.74 Å². The second-order valence-corrected chi connectivity index (χ2v) is 2.99. The van der Waals surface area contributed by atoms with Gasteiger partial charge in [-0.3, -0.25) is 4.79 Å². The predicted octanol–water partition coefficient (Wildman–Crippen LogP) is 2.10. The van der Waals surface area contributed by atoms with Gasteiger partial charge in [0.15, 0.2) is 11.6 Å². The van der Waals surface area contributed by atoms with Crippen molar-refractivity contribution in [2.45, 2.75) is 19.8 Å². The first kappa shape index (κ1) is 11.4. The molecule has 80 valence electrons. The molecule has 0 amide bonds. The number of para-hydroxylation sites is 1. The smallest absolute Gasteiger partial charge is 0.380 e. The summed E-state index contributed by atoms with van der Waals surface area (Å²) in [5.74, 6) is -2.52. The number of Topliss-reactive ketones (excluding diaryl/α,β-unsaturated/α-hetero) is 1. The van der Waals surface area contributed by atoms with E-state index in [1.165, 1.54) is 18.2 Å². The molecule has 0 bridgehead atoms. The third-order valence-corrected chi connectivity index (χ3v) is 1.74. The van der Waals surface area contributed by atoms with E-state index in [1.807, 2.05) is 0 Å². The monoisotopic (exact) mass is 210 g/mol. The Labute approximate surface area is 86.9 Å². The van der Waals surface area contributed by atoms with Crippen LogP contribution < -0.4 is 4.74 Å². The molecule has 0 heterocycles. The number of carbonyl (C=O) groups is 2. The van der Waals surface area contributed by atoms with E-state index >= 15 is 0 Å². The number of carbonyl (C=O) groups excluding carboxylic acids is 2. The maximum absolute atomic E-state index is 13.0. The molecule has 15 heavy (non-hydrogen) atoms. The summed E-state index contributed by atoms with van der Waals surface area (Å²) in [6.07, 6.45) is 0.679. The Kier molecular flexibility index (Phi) is 3.97. The van der Waals surface area contributed by atoms with Crippen LogP contribution in [0.4, 0.5) is 4.39 Å². The zero-order valence-corrected chi connectivity index (χ0v) is 8.33. The second kappa shape index (κ2) is 5.24. The van der Waals surface area contributed by atoms with Gasteiger partial charge in [0.05, 0.1) is 0 Å². The Balaban J connectivity index is 2.67. The maximum Gasteiger partial charge on any atom is 0.380 e. The van der Waals surface area contributed by atoms with Crippen molar-refractivity contribution in [3.63, 3.8) is 0 Å². The van der Waals surface area contributed by atoms with Crippen molar-refractivity contribution in [2.75, 3.05) is 0 Å². The average molecular weight is 210 g/mol. The fraction of sp³-hybridized carbons (Fsp3) is 0.273. The van der Waals surface area contributed by atoms with Gasteiger partial charge in [0.25, 0.3) is 0 Å². The van der Waals surface area contributed by atoms with Crippen LogP contribution in [0.1, 0.15) is 19.8 Å². The van der Waals surface area contributed by atoms with Crippen molar-refractivity contribution in [2.24, 2.45) is 0 Å². The van der Waals surface area contributed by atoms with Crippen LogP contribution in [-0.4, -0.2) is 11.8 Å². The lowest BCUT2D eigenvalue weighted by atomic mass is 10.2. The van der Waals surface area contributed by atoms with Crippen LogP contribution in [0.2, 0.25) is 0 Å². The van der Waals surface area contributed by atoms with E-state index < -0.39 is 17.6 Å². The summed E-state index contributed by atoms with van der Waals surface area (Å²) in [4.78, 5) is 22.2. The first-order chi connectivity index (χ1) is 7.15.